The molecule has 0 saturated heterocycles. The van der Waals surface area contributed by atoms with Gasteiger partial charge in [-0.3, -0.25) is 4.79 Å². The number of H-pyrrole nitrogens is 1. The van der Waals surface area contributed by atoms with Crippen LogP contribution in [-0.4, -0.2) is 22.5 Å². The Morgan fingerprint density at radius 1 is 1.69 bits per heavy atom. The molecule has 0 saturated carbocycles. The van der Waals surface area contributed by atoms with Crippen LogP contribution in [0.2, 0.25) is 0 Å². The van der Waals surface area contributed by atoms with Gasteiger partial charge in [-0.15, -0.1) is 0 Å². The van der Waals surface area contributed by atoms with Crippen molar-refractivity contribution in [2.75, 3.05) is 6.61 Å². The molecule has 0 unspecified atom stereocenters. The lowest BCUT2D eigenvalue weighted by Crippen LogP contribution is -2.10. The van der Waals surface area contributed by atoms with Crippen molar-refractivity contribution in [3.05, 3.63) is 28.2 Å². The second-order valence-electron chi connectivity index (χ2n) is 2.40. The SMILES string of the molecule is CCO/N=C(/C)c1ccc(=O)[nH]n1. The molecule has 0 aromatic carbocycles. The third-order valence-electron chi connectivity index (χ3n) is 1.38. The van der Waals surface area contributed by atoms with E-state index in [0.29, 0.717) is 18.0 Å². The first-order chi connectivity index (χ1) is 6.24. The Kier molecular flexibility index (Phi) is 3.19. The Balaban J connectivity index is 2.83. The molecule has 13 heavy (non-hydrogen) atoms. The van der Waals surface area contributed by atoms with Crippen LogP contribution >= 0.6 is 0 Å². The minimum absolute atomic E-state index is 0.229. The van der Waals surface area contributed by atoms with E-state index in [9.17, 15) is 4.79 Å². The zero-order valence-electron chi connectivity index (χ0n) is 7.57. The van der Waals surface area contributed by atoms with Crippen molar-refractivity contribution in [2.24, 2.45) is 5.16 Å². The number of aromatic nitrogens is 2. The van der Waals surface area contributed by atoms with Gasteiger partial charge in [0.15, 0.2) is 0 Å². The van der Waals surface area contributed by atoms with E-state index in [2.05, 4.69) is 15.4 Å². The Bertz CT molecular complexity index is 336. The maximum absolute atomic E-state index is 10.7. The van der Waals surface area contributed by atoms with E-state index in [1.54, 1.807) is 13.0 Å². The molecule has 0 spiro atoms. The molecule has 5 nitrogen and oxygen atoms in total. The summed E-state index contributed by atoms with van der Waals surface area (Å²) in [6.45, 7) is 4.12. The van der Waals surface area contributed by atoms with E-state index < -0.39 is 0 Å². The van der Waals surface area contributed by atoms with Crippen molar-refractivity contribution in [2.45, 2.75) is 13.8 Å². The summed E-state index contributed by atoms with van der Waals surface area (Å²) < 4.78 is 0. The fourth-order valence-electron chi connectivity index (χ4n) is 0.754. The van der Waals surface area contributed by atoms with Gasteiger partial charge in [-0.2, -0.15) is 5.10 Å². The molecule has 1 aromatic rings. The molecule has 70 valence electrons. The second-order valence-corrected chi connectivity index (χ2v) is 2.40. The number of hydrogen-bond donors (Lipinski definition) is 1. The molecule has 0 aliphatic carbocycles. The first-order valence-electron chi connectivity index (χ1n) is 3.96. The highest BCUT2D eigenvalue weighted by Gasteiger charge is 1.98. The van der Waals surface area contributed by atoms with E-state index >= 15 is 0 Å². The number of aromatic amines is 1. The standard InChI is InChI=1S/C8H11N3O2/c1-3-13-11-6(2)7-4-5-8(12)10-9-7/h4-5H,3H2,1-2H3,(H,10,12)/b11-6-. The first-order valence-corrected chi connectivity index (χ1v) is 3.96. The highest BCUT2D eigenvalue weighted by atomic mass is 16.6. The summed E-state index contributed by atoms with van der Waals surface area (Å²) in [4.78, 5) is 15.5. The van der Waals surface area contributed by atoms with Gasteiger partial charge >= 0.3 is 0 Å². The largest absolute Gasteiger partial charge is 0.396 e. The van der Waals surface area contributed by atoms with Crippen LogP contribution in [0.5, 0.6) is 0 Å². The molecule has 0 amide bonds. The molecule has 0 radical (unpaired) electrons. The molecule has 0 atom stereocenters. The lowest BCUT2D eigenvalue weighted by molar-refractivity contribution is 0.159. The molecule has 1 aromatic heterocycles. The van der Waals surface area contributed by atoms with Crippen LogP contribution in [0.4, 0.5) is 0 Å². The summed E-state index contributed by atoms with van der Waals surface area (Å²) in [7, 11) is 0. The van der Waals surface area contributed by atoms with Gasteiger partial charge in [0.2, 0.25) is 0 Å². The van der Waals surface area contributed by atoms with Crippen molar-refractivity contribution in [1.29, 1.82) is 0 Å². The number of nitrogens with zero attached hydrogens (tertiary/aromatic N) is 2. The number of oxime groups is 1. The van der Waals surface area contributed by atoms with Crippen LogP contribution in [-0.2, 0) is 4.84 Å². The Morgan fingerprint density at radius 2 is 2.46 bits per heavy atom. The average molecular weight is 181 g/mol. The molecule has 5 heteroatoms. The molecular weight excluding hydrogens is 170 g/mol. The molecular formula is C8H11N3O2. The van der Waals surface area contributed by atoms with E-state index in [4.69, 9.17) is 4.84 Å². The monoisotopic (exact) mass is 181 g/mol. The number of hydrogen-bond acceptors (Lipinski definition) is 4. The summed E-state index contributed by atoms with van der Waals surface area (Å²) >= 11 is 0. The fraction of sp³-hybridized carbons (Fsp3) is 0.375. The van der Waals surface area contributed by atoms with Crippen molar-refractivity contribution in [3.8, 4) is 0 Å². The van der Waals surface area contributed by atoms with Gasteiger partial charge in [-0.1, -0.05) is 5.16 Å². The van der Waals surface area contributed by atoms with Crippen LogP contribution in [0.25, 0.3) is 0 Å². The van der Waals surface area contributed by atoms with E-state index in [1.807, 2.05) is 6.92 Å². The lowest BCUT2D eigenvalue weighted by Gasteiger charge is -1.97. The minimum atomic E-state index is -0.229. The van der Waals surface area contributed by atoms with Crippen molar-refractivity contribution in [3.63, 3.8) is 0 Å². The maximum Gasteiger partial charge on any atom is 0.264 e. The number of rotatable bonds is 3. The van der Waals surface area contributed by atoms with Gasteiger partial charge in [0, 0.05) is 6.07 Å². The Hall–Kier alpha value is -1.65. The third-order valence-corrected chi connectivity index (χ3v) is 1.38. The zero-order valence-corrected chi connectivity index (χ0v) is 7.57. The Labute approximate surface area is 75.4 Å². The highest BCUT2D eigenvalue weighted by Crippen LogP contribution is 1.93. The third kappa shape index (κ3) is 2.70. The summed E-state index contributed by atoms with van der Waals surface area (Å²) in [6.07, 6.45) is 0. The van der Waals surface area contributed by atoms with Crippen molar-refractivity contribution >= 4 is 5.71 Å². The second kappa shape index (κ2) is 4.39. The summed E-state index contributed by atoms with van der Waals surface area (Å²) in [5.74, 6) is 0. The van der Waals surface area contributed by atoms with E-state index in [-0.39, 0.29) is 5.56 Å². The summed E-state index contributed by atoms with van der Waals surface area (Å²) in [5.41, 5.74) is 1.01. The van der Waals surface area contributed by atoms with E-state index in [1.165, 1.54) is 6.07 Å². The minimum Gasteiger partial charge on any atom is -0.396 e. The smallest absolute Gasteiger partial charge is 0.264 e. The predicted molar refractivity (Wildman–Crippen MR) is 48.7 cm³/mol. The van der Waals surface area contributed by atoms with Crippen LogP contribution < -0.4 is 5.56 Å². The summed E-state index contributed by atoms with van der Waals surface area (Å²) in [6, 6.07) is 2.99. The van der Waals surface area contributed by atoms with Crippen molar-refractivity contribution < 1.29 is 4.84 Å². The predicted octanol–water partition coefficient (Wildman–Crippen LogP) is 0.530. The molecule has 0 aliphatic rings. The normalized spacial score (nSPS) is 11.4. The van der Waals surface area contributed by atoms with Gasteiger partial charge in [0.05, 0.1) is 0 Å². The maximum atomic E-state index is 10.7. The van der Waals surface area contributed by atoms with Crippen LogP contribution in [0, 0.1) is 0 Å². The highest BCUT2D eigenvalue weighted by molar-refractivity contribution is 5.96. The zero-order chi connectivity index (χ0) is 9.68. The number of nitrogens with one attached hydrogen (secondary N) is 1. The van der Waals surface area contributed by atoms with Gasteiger partial charge < -0.3 is 4.84 Å². The lowest BCUT2D eigenvalue weighted by atomic mass is 10.3. The molecule has 1 rings (SSSR count). The molecule has 0 bridgehead atoms. The van der Waals surface area contributed by atoms with Gasteiger partial charge in [-0.05, 0) is 19.9 Å². The van der Waals surface area contributed by atoms with Gasteiger partial charge in [-0.25, -0.2) is 5.10 Å². The summed E-state index contributed by atoms with van der Waals surface area (Å²) in [5, 5.41) is 9.87. The molecule has 0 aliphatic heterocycles. The quantitative estimate of drug-likeness (QED) is 0.546. The van der Waals surface area contributed by atoms with Crippen molar-refractivity contribution in [1.82, 2.24) is 10.2 Å². The average Bonchev–Trinajstić information content (AvgIpc) is 2.15. The molecule has 1 heterocycles. The van der Waals surface area contributed by atoms with E-state index in [0.717, 1.165) is 0 Å². The fourth-order valence-corrected chi connectivity index (χ4v) is 0.754. The molecule has 0 fully saturated rings. The van der Waals surface area contributed by atoms with Crippen LogP contribution in [0.1, 0.15) is 19.5 Å². The van der Waals surface area contributed by atoms with Crippen LogP contribution in [0.3, 0.4) is 0 Å². The van der Waals surface area contributed by atoms with Crippen LogP contribution in [0.15, 0.2) is 22.1 Å². The van der Waals surface area contributed by atoms with Gasteiger partial charge in [0.25, 0.3) is 5.56 Å². The topological polar surface area (TPSA) is 67.3 Å². The Morgan fingerprint density at radius 3 is 3.00 bits per heavy atom. The van der Waals surface area contributed by atoms with Gasteiger partial charge in [0.1, 0.15) is 18.0 Å². The first kappa shape index (κ1) is 9.44. The molecule has 1 N–H and O–H groups in total.